The van der Waals surface area contributed by atoms with Crippen LogP contribution in [0.4, 0.5) is 0 Å². The molecule has 0 aliphatic carbocycles. The molecule has 1 aromatic heterocycles. The number of fused-ring (bicyclic) bond motifs is 1. The van der Waals surface area contributed by atoms with Crippen LogP contribution in [0.15, 0.2) is 36.5 Å². The van der Waals surface area contributed by atoms with Gasteiger partial charge < -0.3 is 4.74 Å². The SMILES string of the molecule is CN1CC(Oc2nccc3ccccc23)CC1C(=O)I. The highest BCUT2D eigenvalue weighted by Crippen LogP contribution is 2.27. The van der Waals surface area contributed by atoms with Gasteiger partial charge in [0.1, 0.15) is 6.10 Å². The van der Waals surface area contributed by atoms with Crippen molar-refractivity contribution < 1.29 is 9.53 Å². The van der Waals surface area contributed by atoms with Crippen LogP contribution in [0.1, 0.15) is 6.42 Å². The van der Waals surface area contributed by atoms with E-state index in [4.69, 9.17) is 4.74 Å². The minimum absolute atomic E-state index is 0.0158. The summed E-state index contributed by atoms with van der Waals surface area (Å²) in [5, 5.41) is 2.13. The standard InChI is InChI=1S/C15H15IN2O2/c1-18-9-11(8-13(18)14(16)19)20-15-12-5-3-2-4-10(12)6-7-17-15/h2-7,11,13H,8-9H2,1H3. The molecule has 4 nitrogen and oxygen atoms in total. The second-order valence-electron chi connectivity index (χ2n) is 5.07. The van der Waals surface area contributed by atoms with Crippen molar-refractivity contribution in [1.82, 2.24) is 9.88 Å². The third kappa shape index (κ3) is 2.64. The van der Waals surface area contributed by atoms with E-state index in [-0.39, 0.29) is 15.9 Å². The van der Waals surface area contributed by atoms with Crippen LogP contribution in [0.3, 0.4) is 0 Å². The molecule has 1 aromatic carbocycles. The molecule has 0 saturated carbocycles. The predicted molar refractivity (Wildman–Crippen MR) is 86.2 cm³/mol. The number of ether oxygens (including phenoxy) is 1. The molecule has 1 saturated heterocycles. The van der Waals surface area contributed by atoms with Crippen molar-refractivity contribution in [1.29, 1.82) is 0 Å². The van der Waals surface area contributed by atoms with Crippen LogP contribution in [0.2, 0.25) is 0 Å². The highest BCUT2D eigenvalue weighted by molar-refractivity contribution is 14.1. The Hall–Kier alpha value is -1.21. The van der Waals surface area contributed by atoms with E-state index >= 15 is 0 Å². The maximum atomic E-state index is 11.5. The van der Waals surface area contributed by atoms with Gasteiger partial charge in [-0.1, -0.05) is 18.2 Å². The van der Waals surface area contributed by atoms with Crippen molar-refractivity contribution in [2.45, 2.75) is 18.6 Å². The normalized spacial score (nSPS) is 23.1. The number of pyridine rings is 1. The van der Waals surface area contributed by atoms with Crippen LogP contribution >= 0.6 is 22.6 Å². The second kappa shape index (κ2) is 5.65. The van der Waals surface area contributed by atoms with Gasteiger partial charge in [-0.25, -0.2) is 4.98 Å². The summed E-state index contributed by atoms with van der Waals surface area (Å²) in [6, 6.07) is 9.96. The Morgan fingerprint density at radius 2 is 2.20 bits per heavy atom. The zero-order chi connectivity index (χ0) is 14.1. The summed E-state index contributed by atoms with van der Waals surface area (Å²) in [6.45, 7) is 0.754. The van der Waals surface area contributed by atoms with E-state index in [0.717, 1.165) is 23.7 Å². The molecule has 1 fully saturated rings. The fraction of sp³-hybridized carbons (Fsp3) is 0.333. The van der Waals surface area contributed by atoms with Crippen LogP contribution in [-0.4, -0.2) is 39.4 Å². The van der Waals surface area contributed by atoms with Crippen LogP contribution in [-0.2, 0) is 4.79 Å². The van der Waals surface area contributed by atoms with E-state index < -0.39 is 0 Å². The first-order valence-corrected chi connectivity index (χ1v) is 7.63. The number of hydrogen-bond donors (Lipinski definition) is 0. The minimum atomic E-state index is -0.0458. The molecule has 0 amide bonds. The highest BCUT2D eigenvalue weighted by Gasteiger charge is 2.34. The summed E-state index contributed by atoms with van der Waals surface area (Å²) in [5.74, 6) is 0.656. The van der Waals surface area contributed by atoms with E-state index in [1.165, 1.54) is 0 Å². The van der Waals surface area contributed by atoms with Crippen LogP contribution in [0.5, 0.6) is 5.88 Å². The molecule has 1 aliphatic rings. The van der Waals surface area contributed by atoms with Gasteiger partial charge in [0.05, 0.1) is 6.04 Å². The van der Waals surface area contributed by atoms with E-state index in [0.29, 0.717) is 5.88 Å². The van der Waals surface area contributed by atoms with Crippen LogP contribution in [0.25, 0.3) is 10.8 Å². The Bertz CT molecular complexity index is 641. The minimum Gasteiger partial charge on any atom is -0.472 e. The molecule has 3 rings (SSSR count). The smallest absolute Gasteiger partial charge is 0.221 e. The predicted octanol–water partition coefficient (Wildman–Crippen LogP) is 2.65. The Morgan fingerprint density at radius 1 is 1.40 bits per heavy atom. The fourth-order valence-corrected chi connectivity index (χ4v) is 3.38. The van der Waals surface area contributed by atoms with Crippen molar-refractivity contribution in [2.75, 3.05) is 13.6 Å². The summed E-state index contributed by atoms with van der Waals surface area (Å²) in [4.78, 5) is 17.9. The summed E-state index contributed by atoms with van der Waals surface area (Å²) in [5.41, 5.74) is 0. The van der Waals surface area contributed by atoms with Crippen molar-refractivity contribution >= 4 is 37.2 Å². The molecule has 0 spiro atoms. The average molecular weight is 382 g/mol. The number of benzene rings is 1. The molecule has 2 aromatic rings. The number of halogens is 1. The van der Waals surface area contributed by atoms with Gasteiger partial charge in [0.15, 0.2) is 0 Å². The molecule has 20 heavy (non-hydrogen) atoms. The Balaban J connectivity index is 1.82. The monoisotopic (exact) mass is 382 g/mol. The van der Waals surface area contributed by atoms with Gasteiger partial charge in [-0.05, 0) is 24.6 Å². The molecule has 1 aliphatic heterocycles. The highest BCUT2D eigenvalue weighted by atomic mass is 127. The van der Waals surface area contributed by atoms with Crippen molar-refractivity contribution in [2.24, 2.45) is 0 Å². The second-order valence-corrected chi connectivity index (χ2v) is 6.14. The number of carbonyl (C=O) groups is 1. The van der Waals surface area contributed by atoms with Crippen molar-refractivity contribution in [3.05, 3.63) is 36.5 Å². The summed E-state index contributed by atoms with van der Waals surface area (Å²) >= 11 is 1.86. The summed E-state index contributed by atoms with van der Waals surface area (Å²) < 4.78 is 6.20. The summed E-state index contributed by atoms with van der Waals surface area (Å²) in [7, 11) is 1.96. The van der Waals surface area contributed by atoms with Crippen LogP contribution in [0, 0.1) is 0 Å². The van der Waals surface area contributed by atoms with Gasteiger partial charge in [-0.2, -0.15) is 0 Å². The molecule has 5 heteroatoms. The van der Waals surface area contributed by atoms with E-state index in [9.17, 15) is 4.79 Å². The Labute approximate surface area is 131 Å². The molecule has 2 heterocycles. The van der Waals surface area contributed by atoms with Crippen molar-refractivity contribution in [3.63, 3.8) is 0 Å². The molecule has 2 atom stereocenters. The van der Waals surface area contributed by atoms with Gasteiger partial charge in [-0.3, -0.25) is 9.69 Å². The lowest BCUT2D eigenvalue weighted by Gasteiger charge is -2.14. The molecule has 0 N–H and O–H groups in total. The van der Waals surface area contributed by atoms with Gasteiger partial charge in [0.25, 0.3) is 0 Å². The molecular formula is C15H15IN2O2. The molecular weight excluding hydrogens is 367 g/mol. The number of hydrogen-bond acceptors (Lipinski definition) is 4. The lowest BCUT2D eigenvalue weighted by molar-refractivity contribution is -0.112. The first kappa shape index (κ1) is 13.8. The van der Waals surface area contributed by atoms with Gasteiger partial charge in [0.2, 0.25) is 9.67 Å². The quantitative estimate of drug-likeness (QED) is 0.605. The first-order chi connectivity index (χ1) is 9.65. The Morgan fingerprint density at radius 3 is 2.95 bits per heavy atom. The number of rotatable bonds is 3. The number of likely N-dealkylation sites (N-methyl/N-ethyl adjacent to an activating group) is 1. The zero-order valence-corrected chi connectivity index (χ0v) is 13.3. The van der Waals surface area contributed by atoms with E-state index in [1.807, 2.05) is 64.9 Å². The van der Waals surface area contributed by atoms with E-state index in [1.54, 1.807) is 6.20 Å². The van der Waals surface area contributed by atoms with Crippen molar-refractivity contribution in [3.8, 4) is 5.88 Å². The third-order valence-corrected chi connectivity index (χ3v) is 4.41. The summed E-state index contributed by atoms with van der Waals surface area (Å²) in [6.07, 6.45) is 2.50. The largest absolute Gasteiger partial charge is 0.472 e. The first-order valence-electron chi connectivity index (χ1n) is 6.55. The number of nitrogens with zero attached hydrogens (tertiary/aromatic N) is 2. The van der Waals surface area contributed by atoms with Gasteiger partial charge in [-0.15, -0.1) is 0 Å². The number of likely N-dealkylation sites (tertiary alicyclic amines) is 1. The van der Waals surface area contributed by atoms with Gasteiger partial charge in [0, 0.05) is 47.1 Å². The molecule has 0 bridgehead atoms. The lowest BCUT2D eigenvalue weighted by atomic mass is 10.2. The maximum absolute atomic E-state index is 11.5. The van der Waals surface area contributed by atoms with E-state index in [2.05, 4.69) is 4.98 Å². The molecule has 2 unspecified atom stereocenters. The Kier molecular flexibility index (Phi) is 3.89. The topological polar surface area (TPSA) is 42.4 Å². The fourth-order valence-electron chi connectivity index (χ4n) is 2.65. The van der Waals surface area contributed by atoms with Gasteiger partial charge >= 0.3 is 0 Å². The molecule has 0 radical (unpaired) electrons. The number of carbonyl (C=O) groups excluding carboxylic acids is 1. The lowest BCUT2D eigenvalue weighted by Crippen LogP contribution is -2.29. The number of aromatic nitrogens is 1. The third-order valence-electron chi connectivity index (χ3n) is 3.69. The average Bonchev–Trinajstić information content (AvgIpc) is 2.80. The maximum Gasteiger partial charge on any atom is 0.221 e. The zero-order valence-electron chi connectivity index (χ0n) is 11.1. The van der Waals surface area contributed by atoms with Crippen LogP contribution < -0.4 is 4.74 Å². The molecule has 104 valence electrons.